The van der Waals surface area contributed by atoms with Crippen molar-refractivity contribution in [2.24, 2.45) is 0 Å². The van der Waals surface area contributed by atoms with Crippen molar-refractivity contribution < 1.29 is 27.8 Å². The van der Waals surface area contributed by atoms with E-state index in [9.17, 15) is 23.1 Å². The van der Waals surface area contributed by atoms with Gasteiger partial charge in [-0.2, -0.15) is 13.2 Å². The normalized spacial score (nSPS) is 23.5. The van der Waals surface area contributed by atoms with Crippen molar-refractivity contribution in [1.29, 1.82) is 0 Å². The van der Waals surface area contributed by atoms with Gasteiger partial charge < -0.3 is 9.84 Å². The molecule has 1 aliphatic rings. The van der Waals surface area contributed by atoms with Crippen molar-refractivity contribution in [3.05, 3.63) is 65.5 Å². The zero-order chi connectivity index (χ0) is 16.7. The Morgan fingerprint density at radius 2 is 2.09 bits per heavy atom. The quantitative estimate of drug-likeness (QED) is 0.878. The molecular weight excluding hydrogens is 311 g/mol. The van der Waals surface area contributed by atoms with Crippen LogP contribution in [0.3, 0.4) is 0 Å². The van der Waals surface area contributed by atoms with Crippen LogP contribution < -0.4 is 0 Å². The van der Waals surface area contributed by atoms with Crippen LogP contribution in [0.5, 0.6) is 0 Å². The second-order valence-corrected chi connectivity index (χ2v) is 5.35. The van der Waals surface area contributed by atoms with Gasteiger partial charge in [-0.25, -0.2) is 4.79 Å². The molecule has 1 aromatic heterocycles. The Balaban J connectivity index is 1.87. The first-order chi connectivity index (χ1) is 10.8. The number of carboxylic acids is 1. The molecule has 0 bridgehead atoms. The third-order valence-electron chi connectivity index (χ3n) is 3.76. The van der Waals surface area contributed by atoms with Gasteiger partial charge >= 0.3 is 12.1 Å². The number of aromatic nitrogens is 1. The molecule has 2 atom stereocenters. The van der Waals surface area contributed by atoms with Gasteiger partial charge in [-0.1, -0.05) is 24.3 Å². The van der Waals surface area contributed by atoms with E-state index in [0.29, 0.717) is 5.56 Å². The summed E-state index contributed by atoms with van der Waals surface area (Å²) in [6.45, 7) is 0. The number of epoxide rings is 1. The average Bonchev–Trinajstić information content (AvgIpc) is 3.23. The zero-order valence-corrected chi connectivity index (χ0v) is 11.7. The Bertz CT molecular complexity index is 733. The monoisotopic (exact) mass is 323 g/mol. The molecule has 1 aromatic carbocycles. The maximum Gasteiger partial charge on any atom is 0.416 e. The molecule has 2 heterocycles. The van der Waals surface area contributed by atoms with Crippen LogP contribution in [0, 0.1) is 0 Å². The molecule has 1 aliphatic heterocycles. The van der Waals surface area contributed by atoms with E-state index in [2.05, 4.69) is 4.98 Å². The lowest BCUT2D eigenvalue weighted by Gasteiger charge is -2.11. The van der Waals surface area contributed by atoms with E-state index in [-0.39, 0.29) is 12.0 Å². The first-order valence-corrected chi connectivity index (χ1v) is 6.80. The molecule has 0 radical (unpaired) electrons. The molecule has 0 aliphatic carbocycles. The summed E-state index contributed by atoms with van der Waals surface area (Å²) < 4.78 is 43.6. The van der Waals surface area contributed by atoms with Crippen LogP contribution in [-0.2, 0) is 22.1 Å². The molecule has 0 spiro atoms. The lowest BCUT2D eigenvalue weighted by molar-refractivity contribution is -0.143. The highest BCUT2D eigenvalue weighted by Crippen LogP contribution is 2.51. The van der Waals surface area contributed by atoms with Gasteiger partial charge in [-0.05, 0) is 17.7 Å². The highest BCUT2D eigenvalue weighted by molar-refractivity contribution is 5.82. The second-order valence-electron chi connectivity index (χ2n) is 5.35. The summed E-state index contributed by atoms with van der Waals surface area (Å²) in [7, 11) is 0. The molecule has 120 valence electrons. The maximum atomic E-state index is 12.8. The number of ether oxygens (including phenoxy) is 1. The minimum atomic E-state index is -4.47. The number of aliphatic carboxylic acids is 1. The number of carbonyl (C=O) groups is 1. The first-order valence-electron chi connectivity index (χ1n) is 6.80. The predicted octanol–water partition coefficient (Wildman–Crippen LogP) is 3.24. The molecule has 7 heteroatoms. The molecule has 23 heavy (non-hydrogen) atoms. The Kier molecular flexibility index (Phi) is 3.60. The van der Waals surface area contributed by atoms with Gasteiger partial charge in [0.05, 0.1) is 5.56 Å². The van der Waals surface area contributed by atoms with Crippen molar-refractivity contribution in [3.8, 4) is 0 Å². The molecule has 1 fully saturated rings. The van der Waals surface area contributed by atoms with Crippen molar-refractivity contribution in [1.82, 2.24) is 4.98 Å². The number of rotatable bonds is 4. The molecule has 1 saturated heterocycles. The fourth-order valence-corrected chi connectivity index (χ4v) is 2.58. The van der Waals surface area contributed by atoms with Crippen LogP contribution in [0.15, 0.2) is 48.8 Å². The summed E-state index contributed by atoms with van der Waals surface area (Å²) in [6, 6.07) is 7.94. The summed E-state index contributed by atoms with van der Waals surface area (Å²) in [4.78, 5) is 15.5. The summed E-state index contributed by atoms with van der Waals surface area (Å²) in [5.74, 6) is -1.20. The SMILES string of the molecule is O=C(O)C1(Cc2cccc(C(F)(F)F)c2)OC1c1cccnc1. The molecule has 3 rings (SSSR count). The minimum absolute atomic E-state index is 0.147. The first kappa shape index (κ1) is 15.5. The predicted molar refractivity (Wildman–Crippen MR) is 73.6 cm³/mol. The molecule has 2 aromatic rings. The Labute approximate surface area is 129 Å². The number of hydrogen-bond donors (Lipinski definition) is 1. The topological polar surface area (TPSA) is 62.7 Å². The fraction of sp³-hybridized carbons (Fsp3) is 0.250. The number of alkyl halides is 3. The molecule has 4 nitrogen and oxygen atoms in total. The van der Waals surface area contributed by atoms with Crippen LogP contribution in [-0.4, -0.2) is 21.7 Å². The molecule has 1 N–H and O–H groups in total. The third-order valence-corrected chi connectivity index (χ3v) is 3.76. The number of carboxylic acid groups (broad SMARTS) is 1. The Morgan fingerprint density at radius 1 is 1.30 bits per heavy atom. The average molecular weight is 323 g/mol. The van der Waals surface area contributed by atoms with Crippen molar-refractivity contribution >= 4 is 5.97 Å². The van der Waals surface area contributed by atoms with Crippen LogP contribution in [0.2, 0.25) is 0 Å². The summed E-state index contributed by atoms with van der Waals surface area (Å²) >= 11 is 0. The van der Waals surface area contributed by atoms with E-state index in [0.717, 1.165) is 12.1 Å². The van der Waals surface area contributed by atoms with Crippen molar-refractivity contribution in [2.75, 3.05) is 0 Å². The van der Waals surface area contributed by atoms with E-state index in [4.69, 9.17) is 4.74 Å². The molecular formula is C16H12F3NO3. The molecule has 0 amide bonds. The van der Waals surface area contributed by atoms with Crippen LogP contribution >= 0.6 is 0 Å². The van der Waals surface area contributed by atoms with Gasteiger partial charge in [0.1, 0.15) is 6.10 Å². The smallest absolute Gasteiger partial charge is 0.416 e. The van der Waals surface area contributed by atoms with E-state index in [1.807, 2.05) is 0 Å². The largest absolute Gasteiger partial charge is 0.479 e. The summed E-state index contributed by atoms with van der Waals surface area (Å²) in [5, 5.41) is 9.46. The minimum Gasteiger partial charge on any atom is -0.479 e. The second kappa shape index (κ2) is 5.34. The summed E-state index contributed by atoms with van der Waals surface area (Å²) in [6.07, 6.45) is -2.31. The highest BCUT2D eigenvalue weighted by Gasteiger charge is 2.63. The van der Waals surface area contributed by atoms with E-state index in [1.54, 1.807) is 18.3 Å². The number of benzene rings is 1. The van der Waals surface area contributed by atoms with Crippen molar-refractivity contribution in [3.63, 3.8) is 0 Å². The van der Waals surface area contributed by atoms with Crippen LogP contribution in [0.25, 0.3) is 0 Å². The fourth-order valence-electron chi connectivity index (χ4n) is 2.58. The Hall–Kier alpha value is -2.41. The molecule has 2 unspecified atom stereocenters. The van der Waals surface area contributed by atoms with Gasteiger partial charge in [0.2, 0.25) is 0 Å². The van der Waals surface area contributed by atoms with E-state index >= 15 is 0 Å². The van der Waals surface area contributed by atoms with Gasteiger partial charge in [0, 0.05) is 24.4 Å². The number of hydrogen-bond acceptors (Lipinski definition) is 3. The third kappa shape index (κ3) is 2.92. The number of pyridine rings is 1. The lowest BCUT2D eigenvalue weighted by atomic mass is 9.92. The van der Waals surface area contributed by atoms with E-state index in [1.165, 1.54) is 18.3 Å². The number of halogens is 3. The van der Waals surface area contributed by atoms with E-state index < -0.39 is 29.4 Å². The lowest BCUT2D eigenvalue weighted by Crippen LogP contribution is -2.28. The highest BCUT2D eigenvalue weighted by atomic mass is 19.4. The van der Waals surface area contributed by atoms with Gasteiger partial charge in [-0.3, -0.25) is 4.98 Å². The van der Waals surface area contributed by atoms with Gasteiger partial charge in [0.25, 0.3) is 0 Å². The van der Waals surface area contributed by atoms with Gasteiger partial charge in [-0.15, -0.1) is 0 Å². The standard InChI is InChI=1S/C16H12F3NO3/c17-16(18,19)12-5-1-3-10(7-12)8-15(14(21)22)13(23-15)11-4-2-6-20-9-11/h1-7,9,13H,8H2,(H,21,22). The van der Waals surface area contributed by atoms with Crippen molar-refractivity contribution in [2.45, 2.75) is 24.3 Å². The number of nitrogens with zero attached hydrogens (tertiary/aromatic N) is 1. The van der Waals surface area contributed by atoms with Crippen LogP contribution in [0.4, 0.5) is 13.2 Å². The summed E-state index contributed by atoms with van der Waals surface area (Å²) in [5.41, 5.74) is -1.52. The molecule has 0 saturated carbocycles. The zero-order valence-electron chi connectivity index (χ0n) is 11.7. The van der Waals surface area contributed by atoms with Crippen LogP contribution in [0.1, 0.15) is 22.8 Å². The Morgan fingerprint density at radius 3 is 2.70 bits per heavy atom. The van der Waals surface area contributed by atoms with Gasteiger partial charge in [0.15, 0.2) is 5.60 Å². The maximum absolute atomic E-state index is 12.8.